The summed E-state index contributed by atoms with van der Waals surface area (Å²) in [4.78, 5) is 10.9. The van der Waals surface area contributed by atoms with Gasteiger partial charge in [0, 0.05) is 43.6 Å². The molecule has 3 rings (SSSR count). The zero-order chi connectivity index (χ0) is 27.6. The molecule has 0 bridgehead atoms. The molecule has 1 atom stereocenters. The summed E-state index contributed by atoms with van der Waals surface area (Å²) in [6.07, 6.45) is 8.93. The van der Waals surface area contributed by atoms with Crippen LogP contribution in [0.3, 0.4) is 0 Å². The molecule has 37 heavy (non-hydrogen) atoms. The zero-order valence-corrected chi connectivity index (χ0v) is 24.2. The molecular weight excluding hydrogens is 461 g/mol. The lowest BCUT2D eigenvalue weighted by molar-refractivity contribution is 0.292. The van der Waals surface area contributed by atoms with Gasteiger partial charge in [0.1, 0.15) is 6.17 Å². The fourth-order valence-corrected chi connectivity index (χ4v) is 3.92. The number of benzene rings is 1. The number of aromatic nitrogens is 1. The summed E-state index contributed by atoms with van der Waals surface area (Å²) in [7, 11) is 1.64. The first kappa shape index (κ1) is 32.1. The van der Waals surface area contributed by atoms with Gasteiger partial charge in [0.15, 0.2) is 5.84 Å². The van der Waals surface area contributed by atoms with Crippen molar-refractivity contribution in [3.05, 3.63) is 66.1 Å². The van der Waals surface area contributed by atoms with Gasteiger partial charge >= 0.3 is 0 Å². The van der Waals surface area contributed by atoms with Gasteiger partial charge in [-0.25, -0.2) is 9.38 Å². The Balaban J connectivity index is 0.000000298. The minimum Gasteiger partial charge on any atom is -0.374 e. The molecule has 0 saturated carbocycles. The molecule has 1 aliphatic rings. The number of hydrogen-bond donors (Lipinski definition) is 0. The highest BCUT2D eigenvalue weighted by Crippen LogP contribution is 2.19. The van der Waals surface area contributed by atoms with Crippen LogP contribution in [-0.2, 0) is 6.42 Å². The Morgan fingerprint density at radius 2 is 1.89 bits per heavy atom. The highest BCUT2D eigenvalue weighted by atomic mass is 19.1. The van der Waals surface area contributed by atoms with Crippen molar-refractivity contribution < 1.29 is 4.39 Å². The summed E-state index contributed by atoms with van der Waals surface area (Å²) < 4.78 is 12.4. The number of amidine groups is 1. The van der Waals surface area contributed by atoms with Gasteiger partial charge in [0.05, 0.1) is 5.52 Å². The van der Waals surface area contributed by atoms with Crippen molar-refractivity contribution in [1.82, 2.24) is 9.88 Å². The van der Waals surface area contributed by atoms with Gasteiger partial charge in [-0.3, -0.25) is 4.98 Å². The van der Waals surface area contributed by atoms with Crippen molar-refractivity contribution in [3.63, 3.8) is 0 Å². The molecule has 2 heterocycles. The van der Waals surface area contributed by atoms with Crippen molar-refractivity contribution in [3.8, 4) is 0 Å². The molecule has 1 saturated heterocycles. The second-order valence-corrected chi connectivity index (χ2v) is 9.70. The molecule has 1 aromatic carbocycles. The standard InChI is InChI=1S/C13H22N4.C11H11N.C7H15F/c1-10(2)13(16-14-5)15-8-12(4)17-7-6-11(3)9-17;1-2-9-5-6-11-10(8-9)4-3-7-12-11;1-3-5-7(8)6-4-2/h8,11H,1,6-7,9H2,2-5H3;3-8H,2H2,1H3;7H,3-6H2,1-2H3/b12-8+,15-13?,16-14?;;. The van der Waals surface area contributed by atoms with Crippen LogP contribution in [0, 0.1) is 5.92 Å². The predicted octanol–water partition coefficient (Wildman–Crippen LogP) is 8.97. The average Bonchev–Trinajstić information content (AvgIpc) is 3.33. The number of alkyl halides is 1. The fourth-order valence-electron chi connectivity index (χ4n) is 3.92. The number of allylic oxidation sites excluding steroid dienone is 1. The maximum absolute atomic E-state index is 12.4. The minimum absolute atomic E-state index is 0.537. The number of rotatable bonds is 8. The minimum atomic E-state index is -0.537. The van der Waals surface area contributed by atoms with Gasteiger partial charge in [-0.2, -0.15) is 5.11 Å². The number of azo groups is 1. The first-order valence-corrected chi connectivity index (χ1v) is 13.7. The predicted molar refractivity (Wildman–Crippen MR) is 158 cm³/mol. The lowest BCUT2D eigenvalue weighted by Crippen LogP contribution is -2.17. The highest BCUT2D eigenvalue weighted by molar-refractivity contribution is 5.97. The lowest BCUT2D eigenvalue weighted by Gasteiger charge is -2.17. The molecule has 6 heteroatoms. The number of pyridine rings is 1. The van der Waals surface area contributed by atoms with Crippen LogP contribution < -0.4 is 0 Å². The van der Waals surface area contributed by atoms with Crippen LogP contribution in [0.4, 0.5) is 4.39 Å². The number of aliphatic imine (C=N–C) groups is 1. The van der Waals surface area contributed by atoms with E-state index in [1.807, 2.05) is 39.2 Å². The van der Waals surface area contributed by atoms with E-state index in [2.05, 4.69) is 76.7 Å². The number of likely N-dealkylation sites (tertiary alicyclic amines) is 1. The molecule has 1 fully saturated rings. The molecule has 1 aliphatic heterocycles. The van der Waals surface area contributed by atoms with Crippen LogP contribution in [0.2, 0.25) is 0 Å². The molecule has 1 unspecified atom stereocenters. The summed E-state index contributed by atoms with van der Waals surface area (Å²) in [6.45, 7) is 18.5. The van der Waals surface area contributed by atoms with Crippen molar-refractivity contribution in [2.45, 2.75) is 86.2 Å². The Bertz CT molecular complexity index is 1020. The Hall–Kier alpha value is -2.89. The molecule has 2 aromatic rings. The van der Waals surface area contributed by atoms with Crippen LogP contribution in [-0.4, -0.2) is 42.0 Å². The molecule has 0 amide bonds. The van der Waals surface area contributed by atoms with E-state index in [1.165, 1.54) is 23.1 Å². The van der Waals surface area contributed by atoms with Crippen molar-refractivity contribution >= 4 is 16.7 Å². The van der Waals surface area contributed by atoms with Crippen LogP contribution in [0.5, 0.6) is 0 Å². The van der Waals surface area contributed by atoms with Gasteiger partial charge in [-0.15, -0.1) is 5.11 Å². The molecule has 204 valence electrons. The second kappa shape index (κ2) is 18.4. The summed E-state index contributed by atoms with van der Waals surface area (Å²) in [6, 6.07) is 10.5. The third kappa shape index (κ3) is 12.8. The van der Waals surface area contributed by atoms with E-state index in [9.17, 15) is 4.39 Å². The Kier molecular flexibility index (Phi) is 16.0. The fraction of sp³-hybridized carbons (Fsp3) is 0.548. The third-order valence-corrected chi connectivity index (χ3v) is 6.15. The quantitative estimate of drug-likeness (QED) is 0.202. The van der Waals surface area contributed by atoms with E-state index in [0.717, 1.165) is 62.2 Å². The lowest BCUT2D eigenvalue weighted by atomic mass is 10.1. The van der Waals surface area contributed by atoms with Gasteiger partial charge in [-0.05, 0) is 74.8 Å². The first-order chi connectivity index (χ1) is 17.7. The summed E-state index contributed by atoms with van der Waals surface area (Å²) >= 11 is 0. The molecule has 1 aromatic heterocycles. The van der Waals surface area contributed by atoms with E-state index in [0.29, 0.717) is 5.84 Å². The number of nitrogens with zero attached hydrogens (tertiary/aromatic N) is 5. The normalized spacial score (nSPS) is 16.0. The monoisotopic (exact) mass is 509 g/mol. The molecule has 5 nitrogen and oxygen atoms in total. The Morgan fingerprint density at radius 3 is 2.43 bits per heavy atom. The van der Waals surface area contributed by atoms with E-state index in [1.54, 1.807) is 7.05 Å². The Morgan fingerprint density at radius 1 is 1.19 bits per heavy atom. The molecule has 0 N–H and O–H groups in total. The number of aryl methyl sites for hydroxylation is 1. The van der Waals surface area contributed by atoms with Gasteiger partial charge in [-0.1, -0.05) is 59.2 Å². The first-order valence-electron chi connectivity index (χ1n) is 13.7. The van der Waals surface area contributed by atoms with E-state index in [4.69, 9.17) is 0 Å². The third-order valence-electron chi connectivity index (χ3n) is 6.15. The summed E-state index contributed by atoms with van der Waals surface area (Å²) in [5, 5.41) is 8.92. The van der Waals surface area contributed by atoms with E-state index < -0.39 is 6.17 Å². The number of hydrogen-bond acceptors (Lipinski definition) is 4. The van der Waals surface area contributed by atoms with Crippen LogP contribution in [0.15, 0.2) is 75.8 Å². The molecule has 0 spiro atoms. The topological polar surface area (TPSA) is 53.2 Å². The smallest absolute Gasteiger partial charge is 0.176 e. The summed E-state index contributed by atoms with van der Waals surface area (Å²) in [5.41, 5.74) is 4.46. The zero-order valence-electron chi connectivity index (χ0n) is 24.2. The highest BCUT2D eigenvalue weighted by Gasteiger charge is 2.18. The largest absolute Gasteiger partial charge is 0.374 e. The molecule has 0 radical (unpaired) electrons. The van der Waals surface area contributed by atoms with E-state index >= 15 is 0 Å². The SMILES string of the molecule is C=C(C)C(N=NC)=N/C=C(\C)N1CCC(C)C1.CCCC(F)CCC.CCc1ccc2ncccc2c1. The van der Waals surface area contributed by atoms with Crippen molar-refractivity contribution in [2.75, 3.05) is 20.1 Å². The number of fused-ring (bicyclic) bond motifs is 1. The van der Waals surface area contributed by atoms with Crippen molar-refractivity contribution in [2.24, 2.45) is 21.1 Å². The molecular formula is C31H48FN5. The second-order valence-electron chi connectivity index (χ2n) is 9.70. The van der Waals surface area contributed by atoms with Gasteiger partial charge in [0.2, 0.25) is 0 Å². The van der Waals surface area contributed by atoms with E-state index in [-0.39, 0.29) is 0 Å². The summed E-state index contributed by atoms with van der Waals surface area (Å²) in [5.74, 6) is 1.37. The van der Waals surface area contributed by atoms with Crippen LogP contribution in [0.25, 0.3) is 10.9 Å². The molecule has 0 aliphatic carbocycles. The number of halogens is 1. The van der Waals surface area contributed by atoms with Crippen LogP contribution in [0.1, 0.15) is 79.2 Å². The van der Waals surface area contributed by atoms with Crippen molar-refractivity contribution in [1.29, 1.82) is 0 Å². The van der Waals surface area contributed by atoms with Gasteiger partial charge < -0.3 is 4.90 Å². The maximum Gasteiger partial charge on any atom is 0.176 e. The van der Waals surface area contributed by atoms with Gasteiger partial charge in [0.25, 0.3) is 0 Å². The maximum atomic E-state index is 12.4. The van der Waals surface area contributed by atoms with Crippen LogP contribution >= 0.6 is 0 Å². The average molecular weight is 510 g/mol. The Labute approximate surface area is 224 Å².